The minimum atomic E-state index is 0.0562. The maximum atomic E-state index is 5.34. The molecule has 0 amide bonds. The van der Waals surface area contributed by atoms with Gasteiger partial charge in [0, 0.05) is 11.3 Å². The molecule has 0 saturated carbocycles. The molecule has 1 aliphatic carbocycles. The lowest BCUT2D eigenvalue weighted by Gasteiger charge is -2.44. The highest BCUT2D eigenvalue weighted by Crippen LogP contribution is 2.62. The normalized spacial score (nSPS) is 18.7. The summed E-state index contributed by atoms with van der Waals surface area (Å²) >= 11 is 0. The topological polar surface area (TPSA) is 17.8 Å². The SMILES string of the molecule is CCC(C)c1ccccc1-c1nc2cc3c(cc2n1-c1ccccc1)C(C)(C)C(C)(C)C3(C)C. The van der Waals surface area contributed by atoms with Crippen molar-refractivity contribution in [1.82, 2.24) is 9.55 Å². The number of benzene rings is 3. The number of hydrogen-bond donors (Lipinski definition) is 0. The number of fused-ring (bicyclic) bond motifs is 2. The summed E-state index contributed by atoms with van der Waals surface area (Å²) in [7, 11) is 0. The first-order chi connectivity index (χ1) is 16.0. The first-order valence-corrected chi connectivity index (χ1v) is 12.7. The van der Waals surface area contributed by atoms with Gasteiger partial charge in [0.2, 0.25) is 0 Å². The van der Waals surface area contributed by atoms with Gasteiger partial charge in [0.05, 0.1) is 11.0 Å². The van der Waals surface area contributed by atoms with E-state index in [4.69, 9.17) is 4.98 Å². The molecule has 1 atom stereocenters. The van der Waals surface area contributed by atoms with E-state index in [1.807, 2.05) is 0 Å². The van der Waals surface area contributed by atoms with Crippen LogP contribution in [0.25, 0.3) is 28.1 Å². The molecule has 0 saturated heterocycles. The lowest BCUT2D eigenvalue weighted by atomic mass is 9.59. The number of aromatic nitrogens is 2. The average Bonchev–Trinajstić information content (AvgIpc) is 3.25. The van der Waals surface area contributed by atoms with Gasteiger partial charge in [-0.2, -0.15) is 0 Å². The molecule has 0 bridgehead atoms. The van der Waals surface area contributed by atoms with Crippen molar-refractivity contribution in [2.24, 2.45) is 5.41 Å². The molecule has 1 heterocycles. The molecule has 4 aromatic rings. The van der Waals surface area contributed by atoms with Crippen LogP contribution in [0.2, 0.25) is 0 Å². The Labute approximate surface area is 205 Å². The van der Waals surface area contributed by atoms with Gasteiger partial charge < -0.3 is 0 Å². The second kappa shape index (κ2) is 7.57. The summed E-state index contributed by atoms with van der Waals surface area (Å²) in [4.78, 5) is 5.34. The van der Waals surface area contributed by atoms with Gasteiger partial charge in [-0.25, -0.2) is 4.98 Å². The second-order valence-corrected chi connectivity index (χ2v) is 11.8. The number of nitrogens with zero attached hydrogens (tertiary/aromatic N) is 2. The molecule has 176 valence electrons. The average molecular weight is 451 g/mol. The Balaban J connectivity index is 1.88. The van der Waals surface area contributed by atoms with E-state index in [-0.39, 0.29) is 16.2 Å². The summed E-state index contributed by atoms with van der Waals surface area (Å²) < 4.78 is 2.38. The van der Waals surface area contributed by atoms with Crippen LogP contribution in [0.3, 0.4) is 0 Å². The van der Waals surface area contributed by atoms with E-state index in [9.17, 15) is 0 Å². The van der Waals surface area contributed by atoms with Gasteiger partial charge in [0.1, 0.15) is 5.82 Å². The Morgan fingerprint density at radius 2 is 1.38 bits per heavy atom. The monoisotopic (exact) mass is 450 g/mol. The van der Waals surface area contributed by atoms with Gasteiger partial charge in [-0.3, -0.25) is 4.57 Å². The molecule has 0 spiro atoms. The third-order valence-electron chi connectivity index (χ3n) is 9.62. The Kier molecular flexibility index (Phi) is 5.10. The van der Waals surface area contributed by atoms with Crippen molar-refractivity contribution in [3.63, 3.8) is 0 Å². The first-order valence-electron chi connectivity index (χ1n) is 12.7. The van der Waals surface area contributed by atoms with Crippen molar-refractivity contribution in [2.45, 2.75) is 78.6 Å². The molecule has 1 unspecified atom stereocenters. The molecule has 0 radical (unpaired) electrons. The summed E-state index contributed by atoms with van der Waals surface area (Å²) in [6.45, 7) is 19.0. The number of para-hydroxylation sites is 1. The molecule has 0 N–H and O–H groups in total. The fraction of sp³-hybridized carbons (Fsp3) is 0.406. The summed E-state index contributed by atoms with van der Waals surface area (Å²) in [5.74, 6) is 1.51. The van der Waals surface area contributed by atoms with Crippen LogP contribution in [0.5, 0.6) is 0 Å². The molecule has 0 aliphatic heterocycles. The molecule has 34 heavy (non-hydrogen) atoms. The fourth-order valence-corrected chi connectivity index (χ4v) is 5.98. The fourth-order valence-electron chi connectivity index (χ4n) is 5.98. The van der Waals surface area contributed by atoms with Gasteiger partial charge in [-0.1, -0.05) is 97.9 Å². The smallest absolute Gasteiger partial charge is 0.146 e. The van der Waals surface area contributed by atoms with Gasteiger partial charge >= 0.3 is 0 Å². The Hall–Kier alpha value is -2.87. The Morgan fingerprint density at radius 3 is 2.03 bits per heavy atom. The summed E-state index contributed by atoms with van der Waals surface area (Å²) in [5.41, 5.74) is 9.18. The molecule has 3 aromatic carbocycles. The molecule has 0 fully saturated rings. The van der Waals surface area contributed by atoms with E-state index in [1.54, 1.807) is 0 Å². The van der Waals surface area contributed by atoms with Crippen LogP contribution < -0.4 is 0 Å². The maximum Gasteiger partial charge on any atom is 0.146 e. The molecular formula is C32H38N2. The van der Waals surface area contributed by atoms with Crippen LogP contribution in [-0.4, -0.2) is 9.55 Å². The number of hydrogen-bond acceptors (Lipinski definition) is 1. The molecule has 2 heteroatoms. The predicted octanol–water partition coefficient (Wildman–Crippen LogP) is 8.80. The lowest BCUT2D eigenvalue weighted by molar-refractivity contribution is 0.125. The van der Waals surface area contributed by atoms with Crippen LogP contribution in [0.1, 0.15) is 84.4 Å². The van der Waals surface area contributed by atoms with E-state index < -0.39 is 0 Å². The summed E-state index contributed by atoms with van der Waals surface area (Å²) in [6, 6.07) is 24.4. The van der Waals surface area contributed by atoms with Gasteiger partial charge in [-0.05, 0) is 69.5 Å². The standard InChI is InChI=1S/C32H38N2/c1-9-21(2)23-17-13-14-18-24(23)29-33-27-19-25-26(31(5,6)32(7,8)30(25,3)4)20-28(27)34(29)22-15-11-10-12-16-22/h10-21H,9H2,1-8H3. The van der Waals surface area contributed by atoms with Crippen LogP contribution in [0, 0.1) is 5.41 Å². The van der Waals surface area contributed by atoms with Gasteiger partial charge in [-0.15, -0.1) is 0 Å². The molecule has 5 rings (SSSR count). The van der Waals surface area contributed by atoms with E-state index in [0.29, 0.717) is 5.92 Å². The lowest BCUT2D eigenvalue weighted by Crippen LogP contribution is -2.42. The number of imidazole rings is 1. The Bertz CT molecular complexity index is 1370. The highest BCUT2D eigenvalue weighted by Gasteiger charge is 2.57. The second-order valence-electron chi connectivity index (χ2n) is 11.8. The largest absolute Gasteiger partial charge is 0.292 e. The van der Waals surface area contributed by atoms with E-state index in [1.165, 1.54) is 27.8 Å². The highest BCUT2D eigenvalue weighted by molar-refractivity contribution is 5.86. The predicted molar refractivity (Wildman–Crippen MR) is 145 cm³/mol. The van der Waals surface area contributed by atoms with E-state index in [0.717, 1.165) is 23.4 Å². The summed E-state index contributed by atoms with van der Waals surface area (Å²) in [5, 5.41) is 0. The number of rotatable bonds is 4. The van der Waals surface area contributed by atoms with E-state index in [2.05, 4.69) is 127 Å². The van der Waals surface area contributed by atoms with E-state index >= 15 is 0 Å². The van der Waals surface area contributed by atoms with Gasteiger partial charge in [0.25, 0.3) is 0 Å². The van der Waals surface area contributed by atoms with Crippen LogP contribution in [0.4, 0.5) is 0 Å². The Morgan fingerprint density at radius 1 is 0.794 bits per heavy atom. The zero-order chi connectivity index (χ0) is 24.5. The van der Waals surface area contributed by atoms with Crippen molar-refractivity contribution < 1.29 is 0 Å². The quantitative estimate of drug-likeness (QED) is 0.304. The van der Waals surface area contributed by atoms with Crippen molar-refractivity contribution in [3.05, 3.63) is 83.4 Å². The van der Waals surface area contributed by atoms with Crippen LogP contribution >= 0.6 is 0 Å². The van der Waals surface area contributed by atoms with Crippen LogP contribution in [0.15, 0.2) is 66.7 Å². The minimum Gasteiger partial charge on any atom is -0.292 e. The molecular weight excluding hydrogens is 412 g/mol. The van der Waals surface area contributed by atoms with Crippen molar-refractivity contribution in [1.29, 1.82) is 0 Å². The van der Waals surface area contributed by atoms with Crippen molar-refractivity contribution in [3.8, 4) is 17.1 Å². The molecule has 2 nitrogen and oxygen atoms in total. The molecule has 1 aromatic heterocycles. The zero-order valence-electron chi connectivity index (χ0n) is 22.0. The van der Waals surface area contributed by atoms with Gasteiger partial charge in [0.15, 0.2) is 0 Å². The van der Waals surface area contributed by atoms with Crippen molar-refractivity contribution in [2.75, 3.05) is 0 Å². The third-order valence-corrected chi connectivity index (χ3v) is 9.62. The zero-order valence-corrected chi connectivity index (χ0v) is 22.0. The van der Waals surface area contributed by atoms with Crippen LogP contribution in [-0.2, 0) is 10.8 Å². The maximum absolute atomic E-state index is 5.34. The highest BCUT2D eigenvalue weighted by atomic mass is 15.1. The minimum absolute atomic E-state index is 0.0562. The molecule has 1 aliphatic rings. The summed E-state index contributed by atoms with van der Waals surface area (Å²) in [6.07, 6.45) is 1.11. The third kappa shape index (κ3) is 2.97. The van der Waals surface area contributed by atoms with Crippen molar-refractivity contribution >= 4 is 11.0 Å². The first kappa shape index (κ1) is 22.9.